The molecule has 0 radical (unpaired) electrons. The van der Waals surface area contributed by atoms with Crippen LogP contribution >= 0.6 is 0 Å². The quantitative estimate of drug-likeness (QED) is 0.0767. The van der Waals surface area contributed by atoms with Crippen LogP contribution in [-0.4, -0.2) is 72.5 Å². The molecular formula is C12H25NNaO7+. The number of hydrogen-bond donors (Lipinski definition) is 0. The van der Waals surface area contributed by atoms with E-state index in [0.717, 1.165) is 0 Å². The average molecular weight is 318 g/mol. The van der Waals surface area contributed by atoms with Gasteiger partial charge in [-0.2, -0.15) is 0 Å². The molecule has 0 bridgehead atoms. The number of hydrogen-bond acceptors (Lipinski definition) is 7. The van der Waals surface area contributed by atoms with Crippen molar-refractivity contribution in [3.63, 3.8) is 0 Å². The fourth-order valence-electron chi connectivity index (χ4n) is 0.960. The maximum absolute atomic E-state index is 9.81. The van der Waals surface area contributed by atoms with Gasteiger partial charge in [-0.3, -0.25) is 6.29 Å². The van der Waals surface area contributed by atoms with Gasteiger partial charge in [0.25, 0.3) is 0 Å². The zero-order valence-corrected chi connectivity index (χ0v) is 14.9. The van der Waals surface area contributed by atoms with Crippen LogP contribution in [0, 0.1) is 0 Å². The number of oxime groups is 1. The van der Waals surface area contributed by atoms with Crippen molar-refractivity contribution in [1.82, 2.24) is 0 Å². The zero-order chi connectivity index (χ0) is 14.0. The van der Waals surface area contributed by atoms with E-state index in [2.05, 4.69) is 5.16 Å². The van der Waals surface area contributed by atoms with Gasteiger partial charge in [0, 0.05) is 13.3 Å². The summed E-state index contributed by atoms with van der Waals surface area (Å²) in [6, 6.07) is 0. The monoisotopic (exact) mass is 318 g/mol. The van der Waals surface area contributed by atoms with E-state index in [-0.39, 0.29) is 41.5 Å². The molecule has 3 N–H and O–H groups in total. The first-order valence-electron chi connectivity index (χ1n) is 6.12. The molecular weight excluding hydrogens is 293 g/mol. The average Bonchev–Trinajstić information content (AvgIpc) is 2.43. The number of carbonyl (C=O) groups excluding carboxylic acids is 1. The minimum atomic E-state index is 0. The summed E-state index contributed by atoms with van der Waals surface area (Å²) in [4.78, 5) is 14.6. The molecule has 0 aromatic heterocycles. The Balaban J connectivity index is -0.00000162. The molecule has 0 rings (SSSR count). The van der Waals surface area contributed by atoms with Crippen LogP contribution in [0.3, 0.4) is 0 Å². The number of methoxy groups -OCH3 is 1. The van der Waals surface area contributed by atoms with Gasteiger partial charge in [-0.25, -0.2) is 0 Å². The second-order valence-corrected chi connectivity index (χ2v) is 3.30. The van der Waals surface area contributed by atoms with Gasteiger partial charge in [-0.05, 0) is 0 Å². The molecule has 0 aliphatic rings. The van der Waals surface area contributed by atoms with E-state index in [1.807, 2.05) is 0 Å². The van der Waals surface area contributed by atoms with Gasteiger partial charge in [0.1, 0.15) is 6.61 Å². The Morgan fingerprint density at radius 2 is 1.38 bits per heavy atom. The van der Waals surface area contributed by atoms with Crippen LogP contribution in [-0.2, 0) is 34.1 Å². The molecule has 0 saturated carbocycles. The first-order valence-corrected chi connectivity index (χ1v) is 6.12. The van der Waals surface area contributed by atoms with Crippen LogP contribution < -0.4 is 29.6 Å². The van der Waals surface area contributed by atoms with E-state index >= 15 is 0 Å². The van der Waals surface area contributed by atoms with E-state index in [1.54, 1.807) is 13.4 Å². The Morgan fingerprint density at radius 3 is 1.86 bits per heavy atom. The van der Waals surface area contributed by atoms with Crippen molar-refractivity contribution >= 4 is 12.5 Å². The zero-order valence-electron chi connectivity index (χ0n) is 12.9. The van der Waals surface area contributed by atoms with E-state index in [4.69, 9.17) is 23.8 Å². The van der Waals surface area contributed by atoms with E-state index in [0.29, 0.717) is 52.9 Å². The predicted octanol–water partition coefficient (Wildman–Crippen LogP) is -3.73. The molecule has 0 heterocycles. The normalized spacial score (nSPS) is 9.95. The van der Waals surface area contributed by atoms with Gasteiger partial charge < -0.3 is 34.1 Å². The summed E-state index contributed by atoms with van der Waals surface area (Å²) in [5.41, 5.74) is 0. The number of nitrogens with zero attached hydrogens (tertiary/aromatic N) is 1. The molecule has 0 fully saturated rings. The molecule has 0 amide bonds. The number of ether oxygens (including phenoxy) is 4. The van der Waals surface area contributed by atoms with E-state index < -0.39 is 0 Å². The summed E-state index contributed by atoms with van der Waals surface area (Å²) in [6.45, 7) is 4.03. The van der Waals surface area contributed by atoms with Gasteiger partial charge in [0.2, 0.25) is 0 Å². The largest absolute Gasteiger partial charge is 1.00 e. The SMILES string of the molecule is COCCOCCOCCOCCO/N=C/C[C-]=O.[Na+].[OH3+]. The minimum absolute atomic E-state index is 0. The topological polar surface area (TPSA) is 109 Å². The molecule has 0 saturated heterocycles. The summed E-state index contributed by atoms with van der Waals surface area (Å²) in [6.07, 6.45) is 3.16. The molecule has 0 aliphatic carbocycles. The predicted molar refractivity (Wildman–Crippen MR) is 74.0 cm³/mol. The Bertz CT molecular complexity index is 220. The summed E-state index contributed by atoms with van der Waals surface area (Å²) >= 11 is 0. The Labute approximate surface area is 147 Å². The van der Waals surface area contributed by atoms with Gasteiger partial charge in [0.05, 0.1) is 46.2 Å². The van der Waals surface area contributed by atoms with Crippen molar-refractivity contribution < 1.29 is 63.6 Å². The molecule has 0 unspecified atom stereocenters. The minimum Gasteiger partial charge on any atom is -0.541 e. The molecule has 0 spiro atoms. The van der Waals surface area contributed by atoms with Crippen LogP contribution in [0.1, 0.15) is 6.42 Å². The maximum Gasteiger partial charge on any atom is 1.00 e. The first kappa shape index (κ1) is 25.9. The first-order chi connectivity index (χ1) is 9.41. The summed E-state index contributed by atoms with van der Waals surface area (Å²) < 4.78 is 20.5. The van der Waals surface area contributed by atoms with Crippen LogP contribution in [0.15, 0.2) is 5.16 Å². The van der Waals surface area contributed by atoms with Crippen molar-refractivity contribution in [1.29, 1.82) is 0 Å². The third-order valence-electron chi connectivity index (χ3n) is 1.82. The Hall–Kier alpha value is -0.0600. The second kappa shape index (κ2) is 24.9. The standard InChI is InChI=1S/C12H22NO6.Na.H2O/c1-15-5-6-16-7-8-17-9-10-18-11-12-19-13-3-2-4-14;;/h3H,2,5-12H2,1H3;;1H2/q-1;+1;/p+1/b13-3+;;. The van der Waals surface area contributed by atoms with Gasteiger partial charge in [-0.15, -0.1) is 11.6 Å². The van der Waals surface area contributed by atoms with Crippen molar-refractivity contribution in [3.8, 4) is 0 Å². The number of rotatable bonds is 15. The smallest absolute Gasteiger partial charge is 0.541 e. The third-order valence-corrected chi connectivity index (χ3v) is 1.82. The maximum atomic E-state index is 9.81. The summed E-state index contributed by atoms with van der Waals surface area (Å²) in [5, 5.41) is 3.52. The summed E-state index contributed by atoms with van der Waals surface area (Å²) in [7, 11) is 1.63. The Morgan fingerprint density at radius 1 is 0.905 bits per heavy atom. The fourth-order valence-corrected chi connectivity index (χ4v) is 0.960. The molecule has 120 valence electrons. The van der Waals surface area contributed by atoms with Gasteiger partial charge in [0.15, 0.2) is 0 Å². The molecule has 8 nitrogen and oxygen atoms in total. The van der Waals surface area contributed by atoms with Gasteiger partial charge >= 0.3 is 29.6 Å². The van der Waals surface area contributed by atoms with Crippen molar-refractivity contribution in [2.75, 3.05) is 60.0 Å². The van der Waals surface area contributed by atoms with Crippen LogP contribution in [0.4, 0.5) is 0 Å². The third kappa shape index (κ3) is 25.3. The molecule has 0 aromatic carbocycles. The van der Waals surface area contributed by atoms with Crippen LogP contribution in [0.5, 0.6) is 0 Å². The molecule has 21 heavy (non-hydrogen) atoms. The Kier molecular flexibility index (Phi) is 30.7. The van der Waals surface area contributed by atoms with Crippen LogP contribution in [0.25, 0.3) is 0 Å². The second-order valence-electron chi connectivity index (χ2n) is 3.30. The van der Waals surface area contributed by atoms with Crippen LogP contribution in [0.2, 0.25) is 0 Å². The molecule has 9 heteroatoms. The van der Waals surface area contributed by atoms with E-state index in [9.17, 15) is 4.79 Å². The van der Waals surface area contributed by atoms with Crippen molar-refractivity contribution in [3.05, 3.63) is 0 Å². The summed E-state index contributed by atoms with van der Waals surface area (Å²) in [5.74, 6) is 0. The van der Waals surface area contributed by atoms with Gasteiger partial charge in [-0.1, -0.05) is 0 Å². The fraction of sp³-hybridized carbons (Fsp3) is 0.833. The van der Waals surface area contributed by atoms with E-state index in [1.165, 1.54) is 6.21 Å². The molecule has 0 aromatic rings. The molecule has 0 atom stereocenters. The van der Waals surface area contributed by atoms with Crippen molar-refractivity contribution in [2.45, 2.75) is 6.42 Å². The molecule has 0 aliphatic heterocycles. The van der Waals surface area contributed by atoms with Crippen molar-refractivity contribution in [2.24, 2.45) is 5.16 Å².